The molecule has 23 heavy (non-hydrogen) atoms. The minimum Gasteiger partial charge on any atom is -0.508 e. The summed E-state index contributed by atoms with van der Waals surface area (Å²) in [5.41, 5.74) is 5.70. The fraction of sp³-hybridized carbons (Fsp3) is 0.333. The van der Waals surface area contributed by atoms with Crippen molar-refractivity contribution in [3.63, 3.8) is 0 Å². The van der Waals surface area contributed by atoms with Gasteiger partial charge in [-0.15, -0.1) is 0 Å². The molecule has 0 spiro atoms. The second kappa shape index (κ2) is 8.85. The minimum atomic E-state index is -0.542. The lowest BCUT2D eigenvalue weighted by Gasteiger charge is -2.07. The molecule has 0 atom stereocenters. The van der Waals surface area contributed by atoms with Gasteiger partial charge in [0.25, 0.3) is 0 Å². The Bertz CT molecular complexity index is 733. The number of hydrogen-bond donors (Lipinski definition) is 3. The van der Waals surface area contributed by atoms with E-state index in [1.165, 1.54) is 18.2 Å². The number of phenols is 1. The first kappa shape index (κ1) is 17.7. The molecule has 0 unspecified atom stereocenters. The van der Waals surface area contributed by atoms with Gasteiger partial charge in [-0.3, -0.25) is 4.79 Å². The van der Waals surface area contributed by atoms with Crippen molar-refractivity contribution in [1.82, 2.24) is 5.32 Å². The van der Waals surface area contributed by atoms with Gasteiger partial charge in [-0.1, -0.05) is 21.6 Å². The molecule has 1 aromatic carbocycles. The number of nitrogens with one attached hydrogen (secondary N) is 1. The maximum atomic E-state index is 12.0. The Balaban J connectivity index is 1.96. The molecule has 2 aromatic rings. The molecule has 2 rings (SSSR count). The standard InChI is InChI=1S/C15H18N2O4S2/c16-3-5-22-23-6-4-17-14(19)7-10-8-15(20)21-13-9-11(18)1-2-12(10)13/h1-2,8-9,18H,3-7,16H2,(H,17,19). The number of nitrogens with two attached hydrogens (primary N) is 1. The predicted molar refractivity (Wildman–Crippen MR) is 94.8 cm³/mol. The Morgan fingerprint density at radius 3 is 2.83 bits per heavy atom. The van der Waals surface area contributed by atoms with E-state index < -0.39 is 5.63 Å². The number of benzene rings is 1. The zero-order chi connectivity index (χ0) is 16.7. The lowest BCUT2D eigenvalue weighted by molar-refractivity contribution is -0.120. The maximum absolute atomic E-state index is 12.0. The maximum Gasteiger partial charge on any atom is 0.336 e. The van der Waals surface area contributed by atoms with Gasteiger partial charge in [0.2, 0.25) is 5.91 Å². The molecular formula is C15H18N2O4S2. The van der Waals surface area contributed by atoms with Crippen molar-refractivity contribution in [2.45, 2.75) is 6.42 Å². The zero-order valence-electron chi connectivity index (χ0n) is 12.4. The van der Waals surface area contributed by atoms with E-state index in [4.69, 9.17) is 10.2 Å². The van der Waals surface area contributed by atoms with Gasteiger partial charge >= 0.3 is 5.63 Å². The van der Waals surface area contributed by atoms with Crippen molar-refractivity contribution in [2.75, 3.05) is 24.6 Å². The number of phenolic OH excluding ortho intramolecular Hbond substituents is 1. The SMILES string of the molecule is NCCSSCCNC(=O)Cc1cc(=O)oc2cc(O)ccc12. The average molecular weight is 354 g/mol. The Labute approximate surface area is 141 Å². The summed E-state index contributed by atoms with van der Waals surface area (Å²) >= 11 is 0. The molecule has 0 radical (unpaired) electrons. The number of rotatable bonds is 8. The van der Waals surface area contributed by atoms with E-state index in [0.29, 0.717) is 24.0 Å². The first-order valence-corrected chi connectivity index (χ1v) is 9.56. The van der Waals surface area contributed by atoms with Crippen LogP contribution >= 0.6 is 21.6 Å². The second-order valence-corrected chi connectivity index (χ2v) is 7.43. The number of fused-ring (bicyclic) bond motifs is 1. The van der Waals surface area contributed by atoms with Crippen molar-refractivity contribution in [1.29, 1.82) is 0 Å². The van der Waals surface area contributed by atoms with Crippen LogP contribution in [-0.4, -0.2) is 35.6 Å². The van der Waals surface area contributed by atoms with Gasteiger partial charge in [-0.2, -0.15) is 0 Å². The fourth-order valence-corrected chi connectivity index (χ4v) is 3.76. The van der Waals surface area contributed by atoms with E-state index in [1.54, 1.807) is 27.7 Å². The number of carbonyl (C=O) groups is 1. The Kier molecular flexibility index (Phi) is 6.82. The van der Waals surface area contributed by atoms with E-state index in [1.807, 2.05) is 0 Å². The van der Waals surface area contributed by atoms with Crippen LogP contribution in [0.5, 0.6) is 5.75 Å². The summed E-state index contributed by atoms with van der Waals surface area (Å²) in [6.45, 7) is 1.20. The molecule has 0 aliphatic rings. The number of hydrogen-bond acceptors (Lipinski definition) is 7. The highest BCUT2D eigenvalue weighted by Crippen LogP contribution is 2.22. The van der Waals surface area contributed by atoms with Crippen LogP contribution < -0.4 is 16.7 Å². The lowest BCUT2D eigenvalue weighted by Crippen LogP contribution is -2.27. The molecular weight excluding hydrogens is 336 g/mol. The zero-order valence-corrected chi connectivity index (χ0v) is 14.0. The minimum absolute atomic E-state index is 0.00857. The number of carbonyl (C=O) groups excluding carboxylic acids is 1. The van der Waals surface area contributed by atoms with Crippen LogP contribution in [0.4, 0.5) is 0 Å². The molecule has 1 aromatic heterocycles. The normalized spacial score (nSPS) is 10.8. The first-order valence-electron chi connectivity index (χ1n) is 7.07. The van der Waals surface area contributed by atoms with Crippen molar-refractivity contribution >= 4 is 38.5 Å². The monoisotopic (exact) mass is 354 g/mol. The van der Waals surface area contributed by atoms with E-state index >= 15 is 0 Å². The summed E-state index contributed by atoms with van der Waals surface area (Å²) < 4.78 is 5.04. The molecule has 0 saturated heterocycles. The van der Waals surface area contributed by atoms with E-state index in [0.717, 1.165) is 11.5 Å². The van der Waals surface area contributed by atoms with Crippen LogP contribution in [0, 0.1) is 0 Å². The molecule has 8 heteroatoms. The molecule has 0 saturated carbocycles. The quantitative estimate of drug-likeness (QED) is 0.375. The van der Waals surface area contributed by atoms with Crippen LogP contribution in [0.3, 0.4) is 0 Å². The largest absolute Gasteiger partial charge is 0.508 e. The molecule has 0 fully saturated rings. The third kappa shape index (κ3) is 5.49. The van der Waals surface area contributed by atoms with Gasteiger partial charge in [0.1, 0.15) is 11.3 Å². The summed E-state index contributed by atoms with van der Waals surface area (Å²) in [6.07, 6.45) is 0.0908. The van der Waals surface area contributed by atoms with Gasteiger partial charge in [0.15, 0.2) is 0 Å². The van der Waals surface area contributed by atoms with Crippen LogP contribution in [0.2, 0.25) is 0 Å². The third-order valence-electron chi connectivity index (χ3n) is 2.96. The van der Waals surface area contributed by atoms with Crippen LogP contribution in [0.1, 0.15) is 5.56 Å². The fourth-order valence-electron chi connectivity index (χ4n) is 2.00. The van der Waals surface area contributed by atoms with Crippen LogP contribution in [0.25, 0.3) is 11.0 Å². The van der Waals surface area contributed by atoms with Crippen molar-refractivity contribution in [3.05, 3.63) is 40.2 Å². The molecule has 1 amide bonds. The van der Waals surface area contributed by atoms with Gasteiger partial charge in [-0.25, -0.2) is 4.79 Å². The van der Waals surface area contributed by atoms with Crippen LogP contribution in [0.15, 0.2) is 33.5 Å². The summed E-state index contributed by atoms with van der Waals surface area (Å²) in [5.74, 6) is 1.53. The predicted octanol–water partition coefficient (Wildman–Crippen LogP) is 1.50. The Morgan fingerprint density at radius 1 is 1.26 bits per heavy atom. The van der Waals surface area contributed by atoms with Crippen molar-refractivity contribution in [3.8, 4) is 5.75 Å². The molecule has 124 valence electrons. The second-order valence-electron chi connectivity index (χ2n) is 4.73. The average Bonchev–Trinajstić information content (AvgIpc) is 2.50. The molecule has 6 nitrogen and oxygen atoms in total. The van der Waals surface area contributed by atoms with E-state index in [2.05, 4.69) is 5.32 Å². The topological polar surface area (TPSA) is 106 Å². The number of amides is 1. The molecule has 0 aliphatic heterocycles. The first-order chi connectivity index (χ1) is 11.1. The molecule has 1 heterocycles. The van der Waals surface area contributed by atoms with Crippen LogP contribution in [-0.2, 0) is 11.2 Å². The van der Waals surface area contributed by atoms with Crippen molar-refractivity contribution < 1.29 is 14.3 Å². The van der Waals surface area contributed by atoms with Crippen molar-refractivity contribution in [2.24, 2.45) is 5.73 Å². The smallest absolute Gasteiger partial charge is 0.336 e. The highest BCUT2D eigenvalue weighted by Gasteiger charge is 2.10. The van der Waals surface area contributed by atoms with E-state index in [9.17, 15) is 14.7 Å². The molecule has 0 aliphatic carbocycles. The van der Waals surface area contributed by atoms with Gasteiger partial charge < -0.3 is 20.6 Å². The van der Waals surface area contributed by atoms with Gasteiger partial charge in [0.05, 0.1) is 6.42 Å². The summed E-state index contributed by atoms with van der Waals surface area (Å²) in [5, 5.41) is 12.9. The Morgan fingerprint density at radius 2 is 2.04 bits per heavy atom. The summed E-state index contributed by atoms with van der Waals surface area (Å²) in [6, 6.07) is 5.80. The van der Waals surface area contributed by atoms with E-state index in [-0.39, 0.29) is 23.7 Å². The highest BCUT2D eigenvalue weighted by molar-refractivity contribution is 8.76. The highest BCUT2D eigenvalue weighted by atomic mass is 33.1. The number of aromatic hydroxyl groups is 1. The summed E-state index contributed by atoms with van der Waals surface area (Å²) in [7, 11) is 3.34. The summed E-state index contributed by atoms with van der Waals surface area (Å²) in [4.78, 5) is 23.6. The third-order valence-corrected chi connectivity index (χ3v) is 5.40. The molecule has 4 N–H and O–H groups in total. The lowest BCUT2D eigenvalue weighted by atomic mass is 10.1. The Hall–Kier alpha value is -1.64. The molecule has 0 bridgehead atoms. The van der Waals surface area contributed by atoms with Gasteiger partial charge in [0, 0.05) is 42.1 Å². The van der Waals surface area contributed by atoms with Gasteiger partial charge in [-0.05, 0) is 17.7 Å².